The lowest BCUT2D eigenvalue weighted by atomic mass is 10.0. The number of hydrogen-bond acceptors (Lipinski definition) is 6. The Morgan fingerprint density at radius 2 is 0.753 bits per heavy atom. The summed E-state index contributed by atoms with van der Waals surface area (Å²) >= 11 is 0. The smallest absolute Gasteiger partial charge is 0.137 e. The summed E-state index contributed by atoms with van der Waals surface area (Å²) in [6, 6.07) is 76.4. The summed E-state index contributed by atoms with van der Waals surface area (Å²) in [5.41, 5.74) is 14.5. The molecule has 344 valence electrons. The van der Waals surface area contributed by atoms with Gasteiger partial charge in [-0.1, -0.05) is 104 Å². The Labute approximate surface area is 417 Å². The molecular formula is C67H42N2O4. The zero-order chi connectivity index (χ0) is 48.3. The second kappa shape index (κ2) is 15.9. The topological polar surface area (TPSA) is 59.0 Å². The monoisotopic (exact) mass is 938 g/mol. The quantitative estimate of drug-likeness (QED) is 0.159. The van der Waals surface area contributed by atoms with Crippen molar-refractivity contribution in [2.45, 2.75) is 6.92 Å². The lowest BCUT2D eigenvalue weighted by Crippen LogP contribution is -2.18. The average molecular weight is 939 g/mol. The van der Waals surface area contributed by atoms with Gasteiger partial charge in [0, 0.05) is 101 Å². The third-order valence-electron chi connectivity index (χ3n) is 14.7. The maximum Gasteiger partial charge on any atom is 0.137 e. The zero-order valence-electron chi connectivity index (χ0n) is 39.6. The molecular weight excluding hydrogens is 897 g/mol. The van der Waals surface area contributed by atoms with Crippen LogP contribution in [0.25, 0.3) is 111 Å². The van der Waals surface area contributed by atoms with Crippen LogP contribution >= 0.6 is 0 Å². The first-order valence-electron chi connectivity index (χ1n) is 24.6. The van der Waals surface area contributed by atoms with Crippen molar-refractivity contribution >= 4 is 145 Å². The van der Waals surface area contributed by atoms with Crippen molar-refractivity contribution in [3.63, 3.8) is 0 Å². The summed E-state index contributed by atoms with van der Waals surface area (Å²) in [5, 5.41) is 13.2. The number of benzene rings is 11. The minimum atomic E-state index is 0.596. The molecule has 0 saturated heterocycles. The Hall–Kier alpha value is -9.78. The first-order chi connectivity index (χ1) is 36.0. The largest absolute Gasteiger partial charge is 0.457 e. The predicted molar refractivity (Wildman–Crippen MR) is 302 cm³/mol. The van der Waals surface area contributed by atoms with Crippen LogP contribution in [-0.4, -0.2) is 0 Å². The van der Waals surface area contributed by atoms with Gasteiger partial charge in [-0.25, -0.2) is 0 Å². The van der Waals surface area contributed by atoms with Crippen LogP contribution in [0.2, 0.25) is 0 Å². The molecule has 0 atom stereocenters. The average Bonchev–Trinajstić information content (AvgIpc) is 4.19. The van der Waals surface area contributed by atoms with Gasteiger partial charge in [0.05, 0.1) is 0 Å². The van der Waals surface area contributed by atoms with E-state index in [0.29, 0.717) is 5.42 Å². The maximum atomic E-state index is 6.77. The molecule has 0 radical (unpaired) electrons. The molecule has 4 aromatic heterocycles. The molecule has 0 spiro atoms. The Morgan fingerprint density at radius 1 is 0.329 bits per heavy atom. The SMILES string of the molecule is C=c1oc2cc(N(c3ccccc3)c3ccc4c(c3)oc3ccc5ccccc5c34)ccc2/c1=C/c1cc2oc3cc(N(c4ccccc4)c4ccc5c(c4)oc4ccc6ccccc6c45)ccc3c2cc1C. The van der Waals surface area contributed by atoms with Gasteiger partial charge in [-0.2, -0.15) is 0 Å². The third kappa shape index (κ3) is 6.51. The van der Waals surface area contributed by atoms with Gasteiger partial charge in [0.1, 0.15) is 44.5 Å². The van der Waals surface area contributed by atoms with Crippen LogP contribution < -0.4 is 20.4 Å². The molecule has 0 unspecified atom stereocenters. The fraction of sp³-hybridized carbons (Fsp3) is 0.0149. The van der Waals surface area contributed by atoms with Crippen LogP contribution in [0.15, 0.2) is 236 Å². The molecule has 0 N–H and O–H groups in total. The summed E-state index contributed by atoms with van der Waals surface area (Å²) in [7, 11) is 0. The molecule has 15 rings (SSSR count). The number of rotatable bonds is 7. The van der Waals surface area contributed by atoms with Gasteiger partial charge >= 0.3 is 0 Å². The molecule has 0 fully saturated rings. The normalized spacial score (nSPS) is 12.3. The molecule has 0 bridgehead atoms. The van der Waals surface area contributed by atoms with Crippen molar-refractivity contribution in [2.24, 2.45) is 0 Å². The maximum absolute atomic E-state index is 6.77. The van der Waals surface area contributed by atoms with Crippen LogP contribution in [0.3, 0.4) is 0 Å². The molecule has 0 amide bonds. The third-order valence-corrected chi connectivity index (χ3v) is 14.7. The molecule has 0 aliphatic rings. The van der Waals surface area contributed by atoms with Crippen molar-refractivity contribution in [3.8, 4) is 0 Å². The first-order valence-corrected chi connectivity index (χ1v) is 24.6. The Bertz CT molecular complexity index is 4850. The molecule has 6 heteroatoms. The van der Waals surface area contributed by atoms with Gasteiger partial charge in [-0.3, -0.25) is 0 Å². The summed E-state index contributed by atoms with van der Waals surface area (Å²) in [5.74, 6) is 0. The van der Waals surface area contributed by atoms with Gasteiger partial charge in [0.25, 0.3) is 0 Å². The van der Waals surface area contributed by atoms with E-state index < -0.39 is 0 Å². The van der Waals surface area contributed by atoms with Gasteiger partial charge in [0.2, 0.25) is 0 Å². The van der Waals surface area contributed by atoms with Crippen molar-refractivity contribution in [3.05, 3.63) is 240 Å². The second-order valence-electron chi connectivity index (χ2n) is 19.0. The highest BCUT2D eigenvalue weighted by Crippen LogP contribution is 2.44. The van der Waals surface area contributed by atoms with Crippen LogP contribution in [-0.2, 0) is 0 Å². The van der Waals surface area contributed by atoms with Gasteiger partial charge in [-0.05, 0) is 143 Å². The summed E-state index contributed by atoms with van der Waals surface area (Å²) in [4.78, 5) is 4.50. The molecule has 4 heterocycles. The van der Waals surface area contributed by atoms with Crippen LogP contribution in [0.5, 0.6) is 0 Å². The van der Waals surface area contributed by atoms with E-state index in [1.807, 2.05) is 12.1 Å². The number of hydrogen-bond donors (Lipinski definition) is 0. The molecule has 0 aliphatic heterocycles. The molecule has 11 aromatic carbocycles. The number of fused-ring (bicyclic) bond motifs is 14. The van der Waals surface area contributed by atoms with E-state index in [1.54, 1.807) is 0 Å². The van der Waals surface area contributed by atoms with E-state index >= 15 is 0 Å². The van der Waals surface area contributed by atoms with Gasteiger partial charge < -0.3 is 27.5 Å². The minimum absolute atomic E-state index is 0.596. The van der Waals surface area contributed by atoms with E-state index in [-0.39, 0.29) is 0 Å². The van der Waals surface area contributed by atoms with Crippen molar-refractivity contribution in [2.75, 3.05) is 9.80 Å². The second-order valence-corrected chi connectivity index (χ2v) is 19.0. The highest BCUT2D eigenvalue weighted by atomic mass is 16.3. The van der Waals surface area contributed by atoms with Crippen molar-refractivity contribution in [1.82, 2.24) is 0 Å². The van der Waals surface area contributed by atoms with Crippen molar-refractivity contribution in [1.29, 1.82) is 0 Å². The van der Waals surface area contributed by atoms with E-state index in [9.17, 15) is 0 Å². The molecule has 0 aliphatic carbocycles. The Morgan fingerprint density at radius 3 is 1.29 bits per heavy atom. The molecule has 73 heavy (non-hydrogen) atoms. The van der Waals surface area contributed by atoms with Crippen LogP contribution in [0.4, 0.5) is 34.1 Å². The summed E-state index contributed by atoms with van der Waals surface area (Å²) in [6.45, 7) is 6.55. The first kappa shape index (κ1) is 41.0. The molecule has 0 saturated carbocycles. The number of aryl methyl sites for hydroxylation is 1. The van der Waals surface area contributed by atoms with E-state index in [2.05, 4.69) is 236 Å². The van der Waals surface area contributed by atoms with Gasteiger partial charge in [-0.15, -0.1) is 0 Å². The van der Waals surface area contributed by atoms with Crippen molar-refractivity contribution < 1.29 is 17.7 Å². The lowest BCUT2D eigenvalue weighted by Gasteiger charge is -2.25. The lowest BCUT2D eigenvalue weighted by molar-refractivity contribution is 0.577. The zero-order valence-corrected chi connectivity index (χ0v) is 39.6. The number of nitrogens with zero attached hydrogens (tertiary/aromatic N) is 2. The van der Waals surface area contributed by atoms with E-state index in [4.69, 9.17) is 17.7 Å². The summed E-state index contributed by atoms with van der Waals surface area (Å²) < 4.78 is 26.3. The summed E-state index contributed by atoms with van der Waals surface area (Å²) in [6.07, 6.45) is 2.17. The number of anilines is 6. The van der Waals surface area contributed by atoms with Crippen LogP contribution in [0.1, 0.15) is 11.1 Å². The molecule has 15 aromatic rings. The predicted octanol–water partition coefficient (Wildman–Crippen LogP) is 17.9. The highest BCUT2D eigenvalue weighted by Gasteiger charge is 2.21. The fourth-order valence-electron chi connectivity index (χ4n) is 11.2. The number of furan rings is 4. The fourth-order valence-corrected chi connectivity index (χ4v) is 11.2. The standard InChI is InChI=1S/C67H42N2O4/c1-40-33-58-54-28-24-48(69(46-17-7-4-8-18-46)50-26-30-56-65(39-50)72-60-32-22-43-14-10-12-20-52(43)67(56)60)37-63(54)73-61(58)35-44(40)34-57-41(2)70-62-36-47(23-27-53(57)62)68(45-15-5-3-6-16-45)49-25-29-55-64(38-49)71-59-31-21-42-13-9-11-19-51(42)66(55)59/h3-39H,2H2,1H3/b57-34+. The Kier molecular flexibility index (Phi) is 8.92. The van der Waals surface area contributed by atoms with E-state index in [1.165, 1.54) is 21.5 Å². The van der Waals surface area contributed by atoms with Crippen LogP contribution in [0, 0.1) is 6.92 Å². The Balaban J connectivity index is 0.800. The highest BCUT2D eigenvalue weighted by molar-refractivity contribution is 6.20. The number of para-hydroxylation sites is 2. The van der Waals surface area contributed by atoms with Gasteiger partial charge in [0.15, 0.2) is 0 Å². The minimum Gasteiger partial charge on any atom is -0.457 e. The molecule has 6 nitrogen and oxygen atoms in total. The van der Waals surface area contributed by atoms with E-state index in [0.717, 1.165) is 127 Å².